The van der Waals surface area contributed by atoms with Crippen molar-refractivity contribution in [3.8, 4) is 17.6 Å². The minimum absolute atomic E-state index is 0.0694. The molecule has 1 amide bonds. The lowest BCUT2D eigenvalue weighted by atomic mass is 10.1. The summed E-state index contributed by atoms with van der Waals surface area (Å²) < 4.78 is 31.9. The second kappa shape index (κ2) is 8.85. The van der Waals surface area contributed by atoms with Gasteiger partial charge in [0.25, 0.3) is 5.91 Å². The van der Waals surface area contributed by atoms with Crippen LogP contribution in [-0.2, 0) is 14.6 Å². The molecular weight excluding hydrogens is 422 g/mol. The minimum Gasteiger partial charge on any atom is -0.481 e. The van der Waals surface area contributed by atoms with Gasteiger partial charge in [0.1, 0.15) is 12.4 Å². The van der Waals surface area contributed by atoms with E-state index in [1.165, 1.54) is 41.9 Å². The maximum atomic E-state index is 13.0. The van der Waals surface area contributed by atoms with E-state index < -0.39 is 21.0 Å². The fourth-order valence-corrected chi connectivity index (χ4v) is 4.30. The van der Waals surface area contributed by atoms with E-state index in [9.17, 15) is 13.2 Å². The van der Waals surface area contributed by atoms with Gasteiger partial charge in [0, 0.05) is 4.47 Å². The second-order valence-corrected chi connectivity index (χ2v) is 8.09. The highest BCUT2D eigenvalue weighted by Crippen LogP contribution is 2.31. The van der Waals surface area contributed by atoms with Crippen molar-refractivity contribution in [3.05, 3.63) is 58.6 Å². The molecule has 136 valence electrons. The Morgan fingerprint density at radius 1 is 1.27 bits per heavy atom. The normalized spacial score (nSPS) is 11.8. The van der Waals surface area contributed by atoms with Crippen molar-refractivity contribution < 1.29 is 23.2 Å². The maximum absolute atomic E-state index is 13.0. The Balaban J connectivity index is 2.40. The third kappa shape index (κ3) is 4.64. The molecule has 0 radical (unpaired) electrons. The molecule has 0 heterocycles. The van der Waals surface area contributed by atoms with Crippen molar-refractivity contribution in [3.63, 3.8) is 0 Å². The van der Waals surface area contributed by atoms with E-state index >= 15 is 0 Å². The molecule has 6 nitrogen and oxygen atoms in total. The van der Waals surface area contributed by atoms with Gasteiger partial charge in [0.15, 0.2) is 15.1 Å². The highest BCUT2D eigenvalue weighted by molar-refractivity contribution is 9.10. The van der Waals surface area contributed by atoms with E-state index in [2.05, 4.69) is 27.8 Å². The third-order valence-corrected chi connectivity index (χ3v) is 5.98. The molecule has 0 spiro atoms. The van der Waals surface area contributed by atoms with Gasteiger partial charge in [-0.3, -0.25) is 10.0 Å². The topological polar surface area (TPSA) is 92.7 Å². The van der Waals surface area contributed by atoms with Crippen LogP contribution in [0.2, 0.25) is 0 Å². The smallest absolute Gasteiger partial charge is 0.266 e. The Labute approximate surface area is 160 Å². The van der Waals surface area contributed by atoms with Crippen LogP contribution in [0.25, 0.3) is 0 Å². The molecule has 0 aliphatic rings. The predicted octanol–water partition coefficient (Wildman–Crippen LogP) is 2.87. The number of sulfone groups is 1. The summed E-state index contributed by atoms with van der Waals surface area (Å²) in [6.07, 6.45) is 0. The van der Waals surface area contributed by atoms with Crippen molar-refractivity contribution in [2.75, 3.05) is 6.61 Å². The predicted molar refractivity (Wildman–Crippen MR) is 99.4 cm³/mol. The highest BCUT2D eigenvalue weighted by Gasteiger charge is 2.35. The monoisotopic (exact) mass is 437 g/mol. The summed E-state index contributed by atoms with van der Waals surface area (Å²) in [6.45, 7) is 1.88. The number of benzene rings is 2. The van der Waals surface area contributed by atoms with E-state index in [1.807, 2.05) is 0 Å². The number of ether oxygens (including phenoxy) is 1. The quantitative estimate of drug-likeness (QED) is 0.411. The van der Waals surface area contributed by atoms with E-state index in [4.69, 9.17) is 9.94 Å². The molecule has 1 atom stereocenters. The summed E-state index contributed by atoms with van der Waals surface area (Å²) in [5.41, 5.74) is 1.66. The van der Waals surface area contributed by atoms with Crippen molar-refractivity contribution in [2.24, 2.45) is 0 Å². The summed E-state index contributed by atoms with van der Waals surface area (Å²) in [4.78, 5) is 12.0. The number of carbonyl (C=O) groups is 1. The number of carbonyl (C=O) groups excluding carboxylic acids is 1. The van der Waals surface area contributed by atoms with Gasteiger partial charge in [0.2, 0.25) is 0 Å². The van der Waals surface area contributed by atoms with E-state index in [1.54, 1.807) is 19.1 Å². The summed E-state index contributed by atoms with van der Waals surface area (Å²) >= 11 is 3.25. The molecule has 8 heteroatoms. The lowest BCUT2D eigenvalue weighted by molar-refractivity contribution is -0.128. The van der Waals surface area contributed by atoms with Crippen LogP contribution in [0.15, 0.2) is 57.9 Å². The molecule has 2 aromatic carbocycles. The summed E-state index contributed by atoms with van der Waals surface area (Å²) in [6, 6.07) is 12.0. The average molecular weight is 438 g/mol. The van der Waals surface area contributed by atoms with E-state index in [0.29, 0.717) is 10.2 Å². The number of hydrogen-bond acceptors (Lipinski definition) is 5. The van der Waals surface area contributed by atoms with Crippen LogP contribution in [-0.4, -0.2) is 26.1 Å². The highest BCUT2D eigenvalue weighted by atomic mass is 79.9. The first kappa shape index (κ1) is 20.0. The molecule has 0 aromatic heterocycles. The van der Waals surface area contributed by atoms with Gasteiger partial charge >= 0.3 is 0 Å². The zero-order valence-electron chi connectivity index (χ0n) is 13.8. The minimum atomic E-state index is -4.10. The first-order valence-corrected chi connectivity index (χ1v) is 9.80. The molecule has 2 aromatic rings. The van der Waals surface area contributed by atoms with Crippen LogP contribution in [0.5, 0.6) is 5.75 Å². The Morgan fingerprint density at radius 2 is 1.96 bits per heavy atom. The Hall–Kier alpha value is -2.34. The fourth-order valence-electron chi connectivity index (χ4n) is 2.25. The van der Waals surface area contributed by atoms with Gasteiger partial charge in [-0.1, -0.05) is 34.0 Å². The zero-order chi connectivity index (χ0) is 19.2. The Bertz CT molecular complexity index is 946. The number of rotatable bonds is 6. The van der Waals surface area contributed by atoms with Crippen LogP contribution in [0.1, 0.15) is 17.7 Å². The lowest BCUT2D eigenvalue weighted by Gasteiger charge is -2.17. The van der Waals surface area contributed by atoms with E-state index in [0.717, 1.165) is 0 Å². The SMILES string of the molecule is CC#CCOc1ccc(S(=O)(=O)C(C(=O)NO)c2cccc(Br)c2)cc1. The number of amides is 1. The van der Waals surface area contributed by atoms with Crippen molar-refractivity contribution in [2.45, 2.75) is 17.1 Å². The van der Waals surface area contributed by atoms with Gasteiger partial charge in [-0.15, -0.1) is 5.92 Å². The standard InChI is InChI=1S/C18H16BrNO5S/c1-2-3-11-25-15-7-9-16(10-8-15)26(23,24)17(18(21)20-22)13-5-4-6-14(19)12-13/h4-10,12,17,22H,11H2,1H3,(H,20,21). The molecule has 26 heavy (non-hydrogen) atoms. The lowest BCUT2D eigenvalue weighted by Crippen LogP contribution is -2.31. The molecule has 1 unspecified atom stereocenters. The maximum Gasteiger partial charge on any atom is 0.266 e. The molecule has 0 saturated carbocycles. The summed E-state index contributed by atoms with van der Waals surface area (Å²) in [5, 5.41) is 7.41. The summed E-state index contributed by atoms with van der Waals surface area (Å²) in [7, 11) is -4.10. The number of hydrogen-bond donors (Lipinski definition) is 2. The molecule has 0 aliphatic heterocycles. The Morgan fingerprint density at radius 3 is 2.54 bits per heavy atom. The first-order chi connectivity index (χ1) is 12.4. The molecule has 0 saturated heterocycles. The van der Waals surface area contributed by atoms with Crippen molar-refractivity contribution in [1.82, 2.24) is 5.48 Å². The van der Waals surface area contributed by atoms with Gasteiger partial charge in [-0.25, -0.2) is 13.9 Å². The Kier molecular flexibility index (Phi) is 6.80. The molecular formula is C18H16BrNO5S. The number of halogens is 1. The van der Waals surface area contributed by atoms with Crippen molar-refractivity contribution >= 4 is 31.7 Å². The van der Waals surface area contributed by atoms with Crippen LogP contribution < -0.4 is 10.2 Å². The van der Waals surface area contributed by atoms with Crippen LogP contribution in [0.4, 0.5) is 0 Å². The van der Waals surface area contributed by atoms with Gasteiger partial charge in [0.05, 0.1) is 4.90 Å². The first-order valence-electron chi connectivity index (χ1n) is 7.46. The molecule has 0 aliphatic carbocycles. The van der Waals surface area contributed by atoms with Crippen LogP contribution in [0, 0.1) is 11.8 Å². The molecule has 0 bridgehead atoms. The van der Waals surface area contributed by atoms with Crippen LogP contribution >= 0.6 is 15.9 Å². The van der Waals surface area contributed by atoms with Gasteiger partial charge < -0.3 is 4.74 Å². The zero-order valence-corrected chi connectivity index (χ0v) is 16.2. The van der Waals surface area contributed by atoms with Gasteiger partial charge in [-0.05, 0) is 48.9 Å². The van der Waals surface area contributed by atoms with Crippen LogP contribution in [0.3, 0.4) is 0 Å². The summed E-state index contributed by atoms with van der Waals surface area (Å²) in [5.74, 6) is 4.84. The third-order valence-electron chi connectivity index (χ3n) is 3.45. The fraction of sp³-hybridized carbons (Fsp3) is 0.167. The number of hydroxylamine groups is 1. The molecule has 0 fully saturated rings. The molecule has 2 N–H and O–H groups in total. The molecule has 2 rings (SSSR count). The average Bonchev–Trinajstić information content (AvgIpc) is 2.62. The van der Waals surface area contributed by atoms with Gasteiger partial charge in [-0.2, -0.15) is 0 Å². The second-order valence-electron chi connectivity index (χ2n) is 5.14. The number of nitrogens with one attached hydrogen (secondary N) is 1. The van der Waals surface area contributed by atoms with Crippen molar-refractivity contribution in [1.29, 1.82) is 0 Å². The largest absolute Gasteiger partial charge is 0.481 e. The van der Waals surface area contributed by atoms with E-state index in [-0.39, 0.29) is 17.1 Å².